The van der Waals surface area contributed by atoms with Crippen molar-refractivity contribution < 1.29 is 19.8 Å². The number of aromatic carboxylic acids is 1. The van der Waals surface area contributed by atoms with Gasteiger partial charge in [-0.3, -0.25) is 0 Å². The highest BCUT2D eigenvalue weighted by Gasteiger charge is 2.26. The number of urea groups is 1. The zero-order valence-corrected chi connectivity index (χ0v) is 10.6. The van der Waals surface area contributed by atoms with Crippen LogP contribution < -0.4 is 5.32 Å². The Morgan fingerprint density at radius 1 is 1.42 bits per heavy atom. The van der Waals surface area contributed by atoms with E-state index in [0.717, 1.165) is 18.9 Å². The van der Waals surface area contributed by atoms with Crippen LogP contribution in [0.3, 0.4) is 0 Å². The average molecular weight is 264 g/mol. The van der Waals surface area contributed by atoms with Gasteiger partial charge in [0.1, 0.15) is 5.75 Å². The fraction of sp³-hybridized carbons (Fsp3) is 0.385. The molecule has 1 heterocycles. The van der Waals surface area contributed by atoms with E-state index in [1.54, 1.807) is 4.90 Å². The Bertz CT molecular complexity index is 515. The topological polar surface area (TPSA) is 89.9 Å². The van der Waals surface area contributed by atoms with Crippen molar-refractivity contribution in [3.63, 3.8) is 0 Å². The third kappa shape index (κ3) is 2.78. The number of phenolic OH excluding ortho intramolecular Hbond substituents is 1. The van der Waals surface area contributed by atoms with Crippen molar-refractivity contribution in [2.45, 2.75) is 25.8 Å². The highest BCUT2D eigenvalue weighted by Crippen LogP contribution is 2.23. The summed E-state index contributed by atoms with van der Waals surface area (Å²) in [5.74, 6) is -1.34. The van der Waals surface area contributed by atoms with Crippen LogP contribution in [-0.2, 0) is 0 Å². The highest BCUT2D eigenvalue weighted by molar-refractivity contribution is 6.00. The van der Waals surface area contributed by atoms with E-state index in [2.05, 4.69) is 5.32 Å². The lowest BCUT2D eigenvalue weighted by Gasteiger charge is -2.22. The van der Waals surface area contributed by atoms with E-state index in [1.807, 2.05) is 6.92 Å². The predicted octanol–water partition coefficient (Wildman–Crippen LogP) is 2.11. The SMILES string of the molecule is CC1CCCN1C(=O)Nc1ccc(O)cc1C(=O)O. The van der Waals surface area contributed by atoms with Crippen LogP contribution in [0.5, 0.6) is 5.75 Å². The van der Waals surface area contributed by atoms with E-state index in [1.165, 1.54) is 12.1 Å². The first-order valence-corrected chi connectivity index (χ1v) is 6.13. The first-order chi connectivity index (χ1) is 8.99. The summed E-state index contributed by atoms with van der Waals surface area (Å²) in [4.78, 5) is 24.8. The number of hydrogen-bond acceptors (Lipinski definition) is 3. The molecule has 1 aliphatic heterocycles. The Morgan fingerprint density at radius 3 is 2.74 bits per heavy atom. The van der Waals surface area contributed by atoms with Gasteiger partial charge in [-0.15, -0.1) is 0 Å². The van der Waals surface area contributed by atoms with Gasteiger partial charge in [0.15, 0.2) is 0 Å². The zero-order valence-electron chi connectivity index (χ0n) is 10.6. The van der Waals surface area contributed by atoms with Gasteiger partial charge in [-0.2, -0.15) is 0 Å². The third-order valence-electron chi connectivity index (χ3n) is 3.29. The minimum atomic E-state index is -1.19. The number of aromatic hydroxyl groups is 1. The molecule has 1 aromatic carbocycles. The molecule has 6 nitrogen and oxygen atoms in total. The number of anilines is 1. The molecule has 1 unspecified atom stereocenters. The molecule has 0 radical (unpaired) electrons. The maximum atomic E-state index is 12.0. The van der Waals surface area contributed by atoms with Gasteiger partial charge in [-0.25, -0.2) is 9.59 Å². The Labute approximate surface area is 110 Å². The Hall–Kier alpha value is -2.24. The van der Waals surface area contributed by atoms with Crippen molar-refractivity contribution in [1.29, 1.82) is 0 Å². The van der Waals surface area contributed by atoms with Crippen LogP contribution in [0.2, 0.25) is 0 Å². The average Bonchev–Trinajstić information content (AvgIpc) is 2.77. The lowest BCUT2D eigenvalue weighted by atomic mass is 10.1. The van der Waals surface area contributed by atoms with Crippen LogP contribution in [0.4, 0.5) is 10.5 Å². The van der Waals surface area contributed by atoms with Crippen LogP contribution in [-0.4, -0.2) is 39.7 Å². The molecule has 19 heavy (non-hydrogen) atoms. The van der Waals surface area contributed by atoms with E-state index >= 15 is 0 Å². The van der Waals surface area contributed by atoms with Crippen molar-refractivity contribution in [1.82, 2.24) is 4.90 Å². The molecule has 2 amide bonds. The van der Waals surface area contributed by atoms with Crippen molar-refractivity contribution in [2.75, 3.05) is 11.9 Å². The Morgan fingerprint density at radius 2 is 2.16 bits per heavy atom. The summed E-state index contributed by atoms with van der Waals surface area (Å²) in [6.45, 7) is 2.63. The second-order valence-electron chi connectivity index (χ2n) is 4.65. The summed E-state index contributed by atoms with van der Waals surface area (Å²) < 4.78 is 0. The first kappa shape index (κ1) is 13.2. The number of amides is 2. The summed E-state index contributed by atoms with van der Waals surface area (Å²) in [7, 11) is 0. The standard InChI is InChI=1S/C13H16N2O4/c1-8-3-2-6-15(8)13(19)14-11-5-4-9(16)7-10(11)12(17)18/h4-5,7-8,16H,2-3,6H2,1H3,(H,14,19)(H,17,18). The molecule has 6 heteroatoms. The minimum absolute atomic E-state index is 0.125. The number of rotatable bonds is 2. The molecule has 0 bridgehead atoms. The van der Waals surface area contributed by atoms with E-state index in [4.69, 9.17) is 5.11 Å². The second-order valence-corrected chi connectivity index (χ2v) is 4.65. The smallest absolute Gasteiger partial charge is 0.337 e. The zero-order chi connectivity index (χ0) is 14.0. The molecule has 1 atom stereocenters. The van der Waals surface area contributed by atoms with Crippen molar-refractivity contribution in [3.8, 4) is 5.75 Å². The fourth-order valence-electron chi connectivity index (χ4n) is 2.24. The lowest BCUT2D eigenvalue weighted by molar-refractivity contribution is 0.0697. The number of carboxylic acid groups (broad SMARTS) is 1. The van der Waals surface area contributed by atoms with E-state index in [9.17, 15) is 14.7 Å². The number of carbonyl (C=O) groups is 2. The van der Waals surface area contributed by atoms with Gasteiger partial charge in [0.25, 0.3) is 0 Å². The summed E-state index contributed by atoms with van der Waals surface area (Å²) in [6.07, 6.45) is 1.91. The molecule has 0 saturated carbocycles. The number of nitrogens with one attached hydrogen (secondary N) is 1. The van der Waals surface area contributed by atoms with Gasteiger partial charge in [-0.05, 0) is 38.0 Å². The molecule has 1 saturated heterocycles. The molecule has 1 aromatic rings. The van der Waals surface area contributed by atoms with Crippen LogP contribution in [0.15, 0.2) is 18.2 Å². The van der Waals surface area contributed by atoms with Crippen molar-refractivity contribution in [2.24, 2.45) is 0 Å². The van der Waals surface area contributed by atoms with E-state index < -0.39 is 5.97 Å². The number of carboxylic acids is 1. The molecular weight excluding hydrogens is 248 g/mol. The van der Waals surface area contributed by atoms with Gasteiger partial charge >= 0.3 is 12.0 Å². The summed E-state index contributed by atoms with van der Waals surface area (Å²) >= 11 is 0. The molecule has 102 valence electrons. The largest absolute Gasteiger partial charge is 0.508 e. The molecular formula is C13H16N2O4. The Balaban J connectivity index is 2.19. The molecule has 3 N–H and O–H groups in total. The number of benzene rings is 1. The molecule has 0 aromatic heterocycles. The van der Waals surface area contributed by atoms with Crippen LogP contribution in [0.1, 0.15) is 30.1 Å². The number of hydrogen-bond donors (Lipinski definition) is 3. The summed E-state index contributed by atoms with van der Waals surface area (Å²) in [5.41, 5.74) is 0.0644. The van der Waals surface area contributed by atoms with Crippen molar-refractivity contribution >= 4 is 17.7 Å². The fourth-order valence-corrected chi connectivity index (χ4v) is 2.24. The summed E-state index contributed by atoms with van der Waals surface area (Å²) in [5, 5.41) is 20.9. The molecule has 2 rings (SSSR count). The monoisotopic (exact) mass is 264 g/mol. The van der Waals surface area contributed by atoms with Crippen LogP contribution in [0.25, 0.3) is 0 Å². The van der Waals surface area contributed by atoms with Gasteiger partial charge in [0.2, 0.25) is 0 Å². The third-order valence-corrected chi connectivity index (χ3v) is 3.29. The number of likely N-dealkylation sites (tertiary alicyclic amines) is 1. The molecule has 1 fully saturated rings. The van der Waals surface area contributed by atoms with Gasteiger partial charge < -0.3 is 20.4 Å². The minimum Gasteiger partial charge on any atom is -0.508 e. The maximum Gasteiger partial charge on any atom is 0.337 e. The number of nitrogens with zero attached hydrogens (tertiary/aromatic N) is 1. The Kier molecular flexibility index (Phi) is 3.59. The normalized spacial score (nSPS) is 18.4. The molecule has 0 spiro atoms. The van der Waals surface area contributed by atoms with Gasteiger partial charge in [-0.1, -0.05) is 0 Å². The highest BCUT2D eigenvalue weighted by atomic mass is 16.4. The predicted molar refractivity (Wildman–Crippen MR) is 69.5 cm³/mol. The van der Waals surface area contributed by atoms with Gasteiger partial charge in [0.05, 0.1) is 11.3 Å². The second kappa shape index (κ2) is 5.17. The molecule has 1 aliphatic rings. The maximum absolute atomic E-state index is 12.0. The van der Waals surface area contributed by atoms with Crippen molar-refractivity contribution in [3.05, 3.63) is 23.8 Å². The van der Waals surface area contributed by atoms with E-state index in [0.29, 0.717) is 6.54 Å². The summed E-state index contributed by atoms with van der Waals surface area (Å²) in [6, 6.07) is 3.70. The number of carbonyl (C=O) groups excluding carboxylic acids is 1. The lowest BCUT2D eigenvalue weighted by Crippen LogP contribution is -2.37. The quantitative estimate of drug-likeness (QED) is 0.713. The van der Waals surface area contributed by atoms with Crippen LogP contribution in [0, 0.1) is 0 Å². The number of phenols is 1. The van der Waals surface area contributed by atoms with Gasteiger partial charge in [0, 0.05) is 12.6 Å². The first-order valence-electron chi connectivity index (χ1n) is 6.13. The molecule has 0 aliphatic carbocycles. The van der Waals surface area contributed by atoms with Crippen LogP contribution >= 0.6 is 0 Å². The van der Waals surface area contributed by atoms with E-state index in [-0.39, 0.29) is 29.1 Å².